The molecule has 0 saturated carbocycles. The molecule has 0 heterocycles. The van der Waals surface area contributed by atoms with E-state index in [4.69, 9.17) is 0 Å². The zero-order valence-electron chi connectivity index (χ0n) is 9.40. The van der Waals surface area contributed by atoms with Gasteiger partial charge in [-0.2, -0.15) is 0 Å². The Labute approximate surface area is 98.0 Å². The number of hydrogen-bond acceptors (Lipinski definition) is 3. The van der Waals surface area contributed by atoms with Gasteiger partial charge in [0.1, 0.15) is 0 Å². The number of ether oxygens (including phenoxy) is 1. The van der Waals surface area contributed by atoms with E-state index in [9.17, 15) is 18.7 Å². The second-order valence-corrected chi connectivity index (χ2v) is 3.50. The molecule has 0 aromatic heterocycles. The first-order valence-electron chi connectivity index (χ1n) is 5.26. The van der Waals surface area contributed by atoms with E-state index in [-0.39, 0.29) is 24.2 Å². The Balaban J connectivity index is 2.71. The van der Waals surface area contributed by atoms with E-state index in [0.29, 0.717) is 0 Å². The molecule has 1 aromatic rings. The fourth-order valence-corrected chi connectivity index (χ4v) is 1.40. The van der Waals surface area contributed by atoms with E-state index in [1.54, 1.807) is 6.92 Å². The molecule has 0 aliphatic carbocycles. The lowest BCUT2D eigenvalue weighted by molar-refractivity contribution is -0.145. The van der Waals surface area contributed by atoms with Crippen LogP contribution in [0.2, 0.25) is 0 Å². The number of halogens is 2. The number of alkyl halides is 2. The molecule has 17 heavy (non-hydrogen) atoms. The van der Waals surface area contributed by atoms with Crippen molar-refractivity contribution in [1.82, 2.24) is 0 Å². The second-order valence-electron chi connectivity index (χ2n) is 3.50. The van der Waals surface area contributed by atoms with Gasteiger partial charge in [-0.25, -0.2) is 8.78 Å². The quantitative estimate of drug-likeness (QED) is 0.810. The molecule has 0 spiro atoms. The molecule has 0 saturated heterocycles. The average Bonchev–Trinajstić information content (AvgIpc) is 2.29. The molecule has 0 amide bonds. The molecule has 0 bridgehead atoms. The molecular weight excluding hydrogens is 230 g/mol. The van der Waals surface area contributed by atoms with Crippen LogP contribution in [0.15, 0.2) is 24.3 Å². The topological polar surface area (TPSA) is 46.5 Å². The molecule has 0 fully saturated rings. The minimum atomic E-state index is -2.59. The number of esters is 1. The van der Waals surface area contributed by atoms with Crippen LogP contribution in [0.3, 0.4) is 0 Å². The lowest BCUT2D eigenvalue weighted by atomic mass is 10.0. The van der Waals surface area contributed by atoms with E-state index in [1.807, 2.05) is 0 Å². The van der Waals surface area contributed by atoms with Crippen molar-refractivity contribution in [2.75, 3.05) is 6.61 Å². The summed E-state index contributed by atoms with van der Waals surface area (Å²) in [5.74, 6) is -0.553. The van der Waals surface area contributed by atoms with E-state index in [0.717, 1.165) is 0 Å². The van der Waals surface area contributed by atoms with Crippen LogP contribution in [0.25, 0.3) is 0 Å². The number of benzene rings is 1. The standard InChI is InChI=1S/C12H14F2O3/c1-2-17-11(16)7-10(15)8-4-3-5-9(6-8)12(13)14/h3-6,10,12,15H,2,7H2,1H3. The third kappa shape index (κ3) is 4.11. The van der Waals surface area contributed by atoms with Crippen LogP contribution < -0.4 is 0 Å². The maximum absolute atomic E-state index is 12.4. The second kappa shape index (κ2) is 6.30. The fourth-order valence-electron chi connectivity index (χ4n) is 1.40. The third-order valence-corrected chi connectivity index (χ3v) is 2.21. The van der Waals surface area contributed by atoms with Crippen LogP contribution in [0.5, 0.6) is 0 Å². The van der Waals surface area contributed by atoms with E-state index in [2.05, 4.69) is 4.74 Å². The minimum Gasteiger partial charge on any atom is -0.466 e. The number of rotatable bonds is 5. The van der Waals surface area contributed by atoms with Crippen LogP contribution >= 0.6 is 0 Å². The van der Waals surface area contributed by atoms with Gasteiger partial charge in [0.25, 0.3) is 6.43 Å². The largest absolute Gasteiger partial charge is 0.466 e. The van der Waals surface area contributed by atoms with Gasteiger partial charge in [-0.1, -0.05) is 18.2 Å². The van der Waals surface area contributed by atoms with Crippen LogP contribution in [0, 0.1) is 0 Å². The van der Waals surface area contributed by atoms with Crippen LogP contribution in [0.4, 0.5) is 8.78 Å². The first-order chi connectivity index (χ1) is 8.04. The number of aliphatic hydroxyl groups excluding tert-OH is 1. The lowest BCUT2D eigenvalue weighted by Crippen LogP contribution is -2.10. The molecule has 94 valence electrons. The summed E-state index contributed by atoms with van der Waals surface area (Å²) >= 11 is 0. The Morgan fingerprint density at radius 2 is 2.06 bits per heavy atom. The SMILES string of the molecule is CCOC(=O)CC(O)c1cccc(C(F)F)c1. The number of carbonyl (C=O) groups excluding carboxylic acids is 1. The van der Waals surface area contributed by atoms with E-state index in [1.165, 1.54) is 24.3 Å². The Bertz CT molecular complexity index is 380. The maximum atomic E-state index is 12.4. The molecule has 1 atom stereocenters. The normalized spacial score (nSPS) is 12.5. The van der Waals surface area contributed by atoms with Crippen molar-refractivity contribution in [2.24, 2.45) is 0 Å². The van der Waals surface area contributed by atoms with Gasteiger partial charge in [0.15, 0.2) is 0 Å². The van der Waals surface area contributed by atoms with Gasteiger partial charge < -0.3 is 9.84 Å². The zero-order valence-corrected chi connectivity index (χ0v) is 9.40. The Hall–Kier alpha value is -1.49. The first kappa shape index (κ1) is 13.6. The molecule has 0 aliphatic heterocycles. The van der Waals surface area contributed by atoms with Gasteiger partial charge in [0.2, 0.25) is 0 Å². The number of hydrogen-bond donors (Lipinski definition) is 1. The molecule has 1 N–H and O–H groups in total. The summed E-state index contributed by atoms with van der Waals surface area (Å²) < 4.78 is 29.5. The molecule has 0 aliphatic rings. The highest BCUT2D eigenvalue weighted by atomic mass is 19.3. The van der Waals surface area contributed by atoms with Gasteiger partial charge in [-0.15, -0.1) is 0 Å². The Morgan fingerprint density at radius 3 is 2.65 bits per heavy atom. The minimum absolute atomic E-state index is 0.176. The summed E-state index contributed by atoms with van der Waals surface area (Å²) in [5, 5.41) is 9.68. The molecular formula is C12H14F2O3. The summed E-state index contributed by atoms with van der Waals surface area (Å²) in [4.78, 5) is 11.1. The molecule has 3 nitrogen and oxygen atoms in total. The van der Waals surface area contributed by atoms with Crippen molar-refractivity contribution in [3.63, 3.8) is 0 Å². The number of carbonyl (C=O) groups is 1. The first-order valence-corrected chi connectivity index (χ1v) is 5.26. The van der Waals surface area contributed by atoms with E-state index < -0.39 is 18.5 Å². The van der Waals surface area contributed by atoms with Crippen molar-refractivity contribution in [3.05, 3.63) is 35.4 Å². The highest BCUT2D eigenvalue weighted by Crippen LogP contribution is 2.24. The van der Waals surface area contributed by atoms with Crippen LogP contribution in [-0.2, 0) is 9.53 Å². The molecule has 1 aromatic carbocycles. The zero-order chi connectivity index (χ0) is 12.8. The Kier molecular flexibility index (Phi) is 5.03. The monoisotopic (exact) mass is 244 g/mol. The van der Waals surface area contributed by atoms with Gasteiger partial charge in [-0.3, -0.25) is 4.79 Å². The molecule has 1 unspecified atom stereocenters. The summed E-state index contributed by atoms with van der Waals surface area (Å²) in [7, 11) is 0. The summed E-state index contributed by atoms with van der Waals surface area (Å²) in [6, 6.07) is 5.38. The lowest BCUT2D eigenvalue weighted by Gasteiger charge is -2.11. The predicted octanol–water partition coefficient (Wildman–Crippen LogP) is 2.61. The molecule has 1 rings (SSSR count). The van der Waals surface area contributed by atoms with Crippen LogP contribution in [-0.4, -0.2) is 17.7 Å². The molecule has 5 heteroatoms. The fraction of sp³-hybridized carbons (Fsp3) is 0.417. The van der Waals surface area contributed by atoms with Crippen molar-refractivity contribution >= 4 is 5.97 Å². The maximum Gasteiger partial charge on any atom is 0.308 e. The van der Waals surface area contributed by atoms with Gasteiger partial charge in [-0.05, 0) is 18.6 Å². The van der Waals surface area contributed by atoms with Crippen molar-refractivity contribution < 1.29 is 23.4 Å². The van der Waals surface area contributed by atoms with Gasteiger partial charge >= 0.3 is 5.97 Å². The van der Waals surface area contributed by atoms with Gasteiger partial charge in [0.05, 0.1) is 19.1 Å². The highest BCUT2D eigenvalue weighted by Gasteiger charge is 2.15. The molecule has 0 radical (unpaired) electrons. The van der Waals surface area contributed by atoms with Crippen molar-refractivity contribution in [1.29, 1.82) is 0 Å². The Morgan fingerprint density at radius 1 is 1.41 bits per heavy atom. The van der Waals surface area contributed by atoms with Crippen molar-refractivity contribution in [3.8, 4) is 0 Å². The van der Waals surface area contributed by atoms with E-state index >= 15 is 0 Å². The predicted molar refractivity (Wildman–Crippen MR) is 57.6 cm³/mol. The smallest absolute Gasteiger partial charge is 0.308 e. The van der Waals surface area contributed by atoms with Crippen LogP contribution in [0.1, 0.15) is 37.0 Å². The number of aliphatic hydroxyl groups is 1. The average molecular weight is 244 g/mol. The van der Waals surface area contributed by atoms with Crippen molar-refractivity contribution in [2.45, 2.75) is 25.9 Å². The summed E-state index contributed by atoms with van der Waals surface area (Å²) in [5.41, 5.74) is 0.112. The summed E-state index contributed by atoms with van der Waals surface area (Å²) in [6.45, 7) is 1.88. The van der Waals surface area contributed by atoms with Gasteiger partial charge in [0, 0.05) is 5.56 Å². The third-order valence-electron chi connectivity index (χ3n) is 2.21. The summed E-state index contributed by atoms with van der Waals surface area (Å²) in [6.07, 6.45) is -3.95. The highest BCUT2D eigenvalue weighted by molar-refractivity contribution is 5.70.